The summed E-state index contributed by atoms with van der Waals surface area (Å²) in [6.07, 6.45) is 16.0. The van der Waals surface area contributed by atoms with Crippen LogP contribution in [0.5, 0.6) is 0 Å². The SMILES string of the molecule is CCCCNc1nc(N)nc2ccn(CC3=CC=CCC=C3)c12. The van der Waals surface area contributed by atoms with Crippen LogP contribution in [-0.4, -0.2) is 21.1 Å². The van der Waals surface area contributed by atoms with Crippen molar-refractivity contribution >= 4 is 22.8 Å². The summed E-state index contributed by atoms with van der Waals surface area (Å²) >= 11 is 0. The van der Waals surface area contributed by atoms with Crippen molar-refractivity contribution in [3.05, 3.63) is 48.2 Å². The number of fused-ring (bicyclic) bond motifs is 1. The van der Waals surface area contributed by atoms with E-state index in [9.17, 15) is 0 Å². The number of nitrogens with one attached hydrogen (secondary N) is 1. The summed E-state index contributed by atoms with van der Waals surface area (Å²) in [6.45, 7) is 3.85. The number of unbranched alkanes of at least 4 members (excludes halogenated alkanes) is 1. The van der Waals surface area contributed by atoms with E-state index in [-0.39, 0.29) is 0 Å². The zero-order valence-corrected chi connectivity index (χ0v) is 13.5. The fraction of sp³-hybridized carbons (Fsp3) is 0.333. The number of hydrogen-bond acceptors (Lipinski definition) is 4. The Morgan fingerprint density at radius 3 is 3.09 bits per heavy atom. The molecule has 0 radical (unpaired) electrons. The molecule has 23 heavy (non-hydrogen) atoms. The Morgan fingerprint density at radius 1 is 1.30 bits per heavy atom. The molecule has 0 atom stereocenters. The topological polar surface area (TPSA) is 68.8 Å². The largest absolute Gasteiger partial charge is 0.368 e. The van der Waals surface area contributed by atoms with Crippen molar-refractivity contribution < 1.29 is 0 Å². The first-order valence-electron chi connectivity index (χ1n) is 8.16. The maximum absolute atomic E-state index is 5.84. The van der Waals surface area contributed by atoms with Crippen LogP contribution in [0.15, 0.2) is 48.2 Å². The second-order valence-corrected chi connectivity index (χ2v) is 5.70. The van der Waals surface area contributed by atoms with Gasteiger partial charge in [0.25, 0.3) is 0 Å². The maximum Gasteiger partial charge on any atom is 0.222 e. The van der Waals surface area contributed by atoms with E-state index in [1.165, 1.54) is 5.57 Å². The van der Waals surface area contributed by atoms with Crippen molar-refractivity contribution in [1.29, 1.82) is 0 Å². The first-order chi connectivity index (χ1) is 11.3. The zero-order chi connectivity index (χ0) is 16.1. The van der Waals surface area contributed by atoms with E-state index in [4.69, 9.17) is 5.73 Å². The van der Waals surface area contributed by atoms with Gasteiger partial charge in [0.2, 0.25) is 5.95 Å². The molecule has 2 aromatic heterocycles. The molecule has 120 valence electrons. The number of nitrogens with zero attached hydrogens (tertiary/aromatic N) is 3. The van der Waals surface area contributed by atoms with E-state index in [1.54, 1.807) is 0 Å². The summed E-state index contributed by atoms with van der Waals surface area (Å²) in [4.78, 5) is 8.75. The van der Waals surface area contributed by atoms with Crippen LogP contribution in [0.3, 0.4) is 0 Å². The molecule has 0 unspecified atom stereocenters. The van der Waals surface area contributed by atoms with Crippen LogP contribution < -0.4 is 11.1 Å². The van der Waals surface area contributed by atoms with Crippen molar-refractivity contribution in [2.24, 2.45) is 0 Å². The lowest BCUT2D eigenvalue weighted by Gasteiger charge is -2.11. The number of nitrogen functional groups attached to an aromatic ring is 1. The van der Waals surface area contributed by atoms with Crippen LogP contribution >= 0.6 is 0 Å². The molecular formula is C18H23N5. The smallest absolute Gasteiger partial charge is 0.222 e. The van der Waals surface area contributed by atoms with E-state index in [2.05, 4.69) is 57.2 Å². The Bertz CT molecular complexity index is 767. The van der Waals surface area contributed by atoms with E-state index in [1.807, 2.05) is 12.3 Å². The highest BCUT2D eigenvalue weighted by molar-refractivity contribution is 5.87. The third-order valence-electron chi connectivity index (χ3n) is 3.85. The Balaban J connectivity index is 1.94. The molecule has 0 amide bonds. The molecule has 0 spiro atoms. The molecule has 0 saturated heterocycles. The van der Waals surface area contributed by atoms with E-state index in [0.717, 1.165) is 49.2 Å². The fourth-order valence-corrected chi connectivity index (χ4v) is 2.69. The number of rotatable bonds is 6. The normalized spacial score (nSPS) is 14.0. The van der Waals surface area contributed by atoms with E-state index >= 15 is 0 Å². The van der Waals surface area contributed by atoms with Crippen LogP contribution in [0.25, 0.3) is 11.0 Å². The molecule has 1 aliphatic carbocycles. The van der Waals surface area contributed by atoms with Crippen LogP contribution in [0, 0.1) is 0 Å². The van der Waals surface area contributed by atoms with Gasteiger partial charge in [0.1, 0.15) is 5.52 Å². The van der Waals surface area contributed by atoms with Gasteiger partial charge in [0, 0.05) is 19.3 Å². The maximum atomic E-state index is 5.84. The third-order valence-corrected chi connectivity index (χ3v) is 3.85. The van der Waals surface area contributed by atoms with Gasteiger partial charge in [0.05, 0.1) is 5.52 Å². The highest BCUT2D eigenvalue weighted by atomic mass is 15.1. The van der Waals surface area contributed by atoms with Crippen LogP contribution in [0.4, 0.5) is 11.8 Å². The molecule has 2 aromatic rings. The van der Waals surface area contributed by atoms with Crippen molar-refractivity contribution in [2.45, 2.75) is 32.7 Å². The average molecular weight is 309 g/mol. The number of aromatic nitrogens is 3. The molecule has 3 rings (SSSR count). The molecule has 5 heteroatoms. The lowest BCUT2D eigenvalue weighted by Crippen LogP contribution is -2.09. The molecule has 3 N–H and O–H groups in total. The molecule has 0 aromatic carbocycles. The molecule has 0 fully saturated rings. The summed E-state index contributed by atoms with van der Waals surface area (Å²) in [5.74, 6) is 1.13. The van der Waals surface area contributed by atoms with Gasteiger partial charge in [-0.15, -0.1) is 0 Å². The highest BCUT2D eigenvalue weighted by Gasteiger charge is 2.11. The van der Waals surface area contributed by atoms with E-state index in [0.29, 0.717) is 5.95 Å². The predicted molar refractivity (Wildman–Crippen MR) is 96.3 cm³/mol. The second-order valence-electron chi connectivity index (χ2n) is 5.70. The summed E-state index contributed by atoms with van der Waals surface area (Å²) in [5.41, 5.74) is 8.99. The minimum absolute atomic E-state index is 0.311. The van der Waals surface area contributed by atoms with Gasteiger partial charge in [0.15, 0.2) is 5.82 Å². The lowest BCUT2D eigenvalue weighted by atomic mass is 10.2. The third kappa shape index (κ3) is 3.62. The number of anilines is 2. The predicted octanol–water partition coefficient (Wildman–Crippen LogP) is 3.67. The van der Waals surface area contributed by atoms with Gasteiger partial charge in [-0.3, -0.25) is 0 Å². The van der Waals surface area contributed by atoms with Gasteiger partial charge in [-0.05, 0) is 24.5 Å². The summed E-state index contributed by atoms with van der Waals surface area (Å²) in [6, 6.07) is 2.00. The quantitative estimate of drug-likeness (QED) is 0.799. The monoisotopic (exact) mass is 309 g/mol. The Morgan fingerprint density at radius 2 is 2.22 bits per heavy atom. The summed E-state index contributed by atoms with van der Waals surface area (Å²) in [5, 5.41) is 3.40. The van der Waals surface area contributed by atoms with Gasteiger partial charge >= 0.3 is 0 Å². The van der Waals surface area contributed by atoms with Gasteiger partial charge in [-0.25, -0.2) is 4.98 Å². The summed E-state index contributed by atoms with van der Waals surface area (Å²) < 4.78 is 2.18. The summed E-state index contributed by atoms with van der Waals surface area (Å²) in [7, 11) is 0. The van der Waals surface area contributed by atoms with Crippen molar-refractivity contribution in [2.75, 3.05) is 17.6 Å². The molecule has 5 nitrogen and oxygen atoms in total. The standard InChI is InChI=1S/C18H23N5/c1-2-3-11-20-17-16-15(21-18(19)22-17)10-12-23(16)13-14-8-6-4-5-7-9-14/h4,6-10,12H,2-3,5,11,13H2,1H3,(H3,19,20,21,22). The molecule has 2 heterocycles. The first kappa shape index (κ1) is 15.3. The average Bonchev–Trinajstić information content (AvgIpc) is 2.76. The Labute approximate surface area is 136 Å². The van der Waals surface area contributed by atoms with Crippen molar-refractivity contribution in [3.63, 3.8) is 0 Å². The highest BCUT2D eigenvalue weighted by Crippen LogP contribution is 2.24. The Hall–Kier alpha value is -2.56. The van der Waals surface area contributed by atoms with E-state index < -0.39 is 0 Å². The molecule has 1 aliphatic rings. The van der Waals surface area contributed by atoms with Crippen molar-refractivity contribution in [1.82, 2.24) is 14.5 Å². The number of allylic oxidation sites excluding steroid dienone is 6. The zero-order valence-electron chi connectivity index (χ0n) is 13.5. The minimum Gasteiger partial charge on any atom is -0.368 e. The molecule has 0 saturated carbocycles. The second kappa shape index (κ2) is 7.13. The molecule has 0 bridgehead atoms. The molecule has 0 aliphatic heterocycles. The minimum atomic E-state index is 0.311. The molecular weight excluding hydrogens is 286 g/mol. The number of hydrogen-bond donors (Lipinski definition) is 2. The van der Waals surface area contributed by atoms with Gasteiger partial charge in [-0.2, -0.15) is 4.98 Å². The lowest BCUT2D eigenvalue weighted by molar-refractivity contribution is 0.819. The van der Waals surface area contributed by atoms with Gasteiger partial charge < -0.3 is 15.6 Å². The van der Waals surface area contributed by atoms with Crippen LogP contribution in [0.1, 0.15) is 26.2 Å². The first-order valence-corrected chi connectivity index (χ1v) is 8.16. The Kier molecular flexibility index (Phi) is 4.76. The fourth-order valence-electron chi connectivity index (χ4n) is 2.69. The van der Waals surface area contributed by atoms with Gasteiger partial charge in [-0.1, -0.05) is 43.7 Å². The van der Waals surface area contributed by atoms with Crippen molar-refractivity contribution in [3.8, 4) is 0 Å². The number of nitrogens with two attached hydrogens (primary N) is 1. The van der Waals surface area contributed by atoms with Crippen LogP contribution in [0.2, 0.25) is 0 Å². The van der Waals surface area contributed by atoms with Crippen LogP contribution in [-0.2, 0) is 6.54 Å².